The van der Waals surface area contributed by atoms with Gasteiger partial charge in [-0.25, -0.2) is 14.2 Å². The summed E-state index contributed by atoms with van der Waals surface area (Å²) in [6, 6.07) is 16.0. The Balaban J connectivity index is 1.70. The standard InChI is InChI=1S/C28H21FN2O5S/c1-3-15-4-13-20-21(14-15)37-28(30-20)31-23(16-5-7-18(8-6-16)27(35)36-2)22(25(33)26(31)34)24(32)17-9-11-19(29)12-10-17/h4-14,23,32H,3H2,1-2H3/b24-22+. The Bertz CT molecular complexity index is 1570. The monoisotopic (exact) mass is 516 g/mol. The number of rotatable bonds is 5. The van der Waals surface area contributed by atoms with E-state index in [1.807, 2.05) is 25.1 Å². The van der Waals surface area contributed by atoms with Gasteiger partial charge in [0.15, 0.2) is 5.13 Å². The maximum atomic E-state index is 13.5. The van der Waals surface area contributed by atoms with E-state index in [-0.39, 0.29) is 16.7 Å². The van der Waals surface area contributed by atoms with E-state index in [2.05, 4.69) is 4.98 Å². The lowest BCUT2D eigenvalue weighted by Gasteiger charge is -2.23. The molecular formula is C28H21FN2O5S. The molecule has 5 rings (SSSR count). The highest BCUT2D eigenvalue weighted by molar-refractivity contribution is 7.22. The molecule has 1 aromatic heterocycles. The molecule has 0 radical (unpaired) electrons. The zero-order valence-electron chi connectivity index (χ0n) is 19.9. The van der Waals surface area contributed by atoms with Gasteiger partial charge in [-0.05, 0) is 66.1 Å². The number of carbonyl (C=O) groups excluding carboxylic acids is 3. The molecule has 0 saturated carbocycles. The number of ketones is 1. The summed E-state index contributed by atoms with van der Waals surface area (Å²) in [7, 11) is 1.27. The summed E-state index contributed by atoms with van der Waals surface area (Å²) in [5, 5.41) is 11.4. The summed E-state index contributed by atoms with van der Waals surface area (Å²) < 4.78 is 19.1. The van der Waals surface area contributed by atoms with E-state index in [1.165, 1.54) is 47.6 Å². The van der Waals surface area contributed by atoms with Gasteiger partial charge in [0.25, 0.3) is 5.78 Å². The number of ether oxygens (including phenoxy) is 1. The number of carbonyl (C=O) groups is 3. The van der Waals surface area contributed by atoms with Crippen LogP contribution in [0.2, 0.25) is 0 Å². The average molecular weight is 517 g/mol. The molecule has 1 atom stereocenters. The first kappa shape index (κ1) is 24.3. The highest BCUT2D eigenvalue weighted by Gasteiger charge is 2.48. The molecule has 1 fully saturated rings. The molecule has 37 heavy (non-hydrogen) atoms. The van der Waals surface area contributed by atoms with E-state index in [9.17, 15) is 23.9 Å². The second-order valence-electron chi connectivity index (χ2n) is 8.44. The van der Waals surface area contributed by atoms with Crippen molar-refractivity contribution in [3.8, 4) is 0 Å². The third-order valence-corrected chi connectivity index (χ3v) is 7.28. The number of fused-ring (bicyclic) bond motifs is 1. The summed E-state index contributed by atoms with van der Waals surface area (Å²) in [6.45, 7) is 2.04. The maximum absolute atomic E-state index is 13.5. The van der Waals surface area contributed by atoms with Crippen molar-refractivity contribution in [2.75, 3.05) is 12.0 Å². The van der Waals surface area contributed by atoms with Crippen LogP contribution >= 0.6 is 11.3 Å². The number of hydrogen-bond acceptors (Lipinski definition) is 7. The minimum Gasteiger partial charge on any atom is -0.507 e. The lowest BCUT2D eigenvalue weighted by atomic mass is 9.95. The fourth-order valence-corrected chi connectivity index (χ4v) is 5.36. The Hall–Kier alpha value is -4.37. The van der Waals surface area contributed by atoms with Crippen LogP contribution in [0.4, 0.5) is 9.52 Å². The van der Waals surface area contributed by atoms with Crippen molar-refractivity contribution in [3.05, 3.63) is 100 Å². The van der Waals surface area contributed by atoms with Crippen molar-refractivity contribution >= 4 is 50.1 Å². The van der Waals surface area contributed by atoms with Crippen molar-refractivity contribution in [3.63, 3.8) is 0 Å². The van der Waals surface area contributed by atoms with Gasteiger partial charge in [-0.15, -0.1) is 0 Å². The average Bonchev–Trinajstić information content (AvgIpc) is 3.45. The summed E-state index contributed by atoms with van der Waals surface area (Å²) in [5.41, 5.74) is 2.58. The van der Waals surface area contributed by atoms with Gasteiger partial charge in [0.1, 0.15) is 11.6 Å². The fraction of sp³-hybridized carbons (Fsp3) is 0.143. The molecule has 1 amide bonds. The Kier molecular flexibility index (Phi) is 6.31. The first-order chi connectivity index (χ1) is 17.8. The van der Waals surface area contributed by atoms with Crippen LogP contribution in [0.3, 0.4) is 0 Å². The van der Waals surface area contributed by atoms with Gasteiger partial charge < -0.3 is 9.84 Å². The molecule has 4 aromatic rings. The topological polar surface area (TPSA) is 96.8 Å². The lowest BCUT2D eigenvalue weighted by Crippen LogP contribution is -2.29. The molecule has 0 bridgehead atoms. The normalized spacial score (nSPS) is 16.9. The second kappa shape index (κ2) is 9.59. The number of aryl methyl sites for hydroxylation is 1. The molecule has 186 valence electrons. The Morgan fingerprint density at radius 3 is 2.38 bits per heavy atom. The van der Waals surface area contributed by atoms with Crippen LogP contribution in [0.1, 0.15) is 40.0 Å². The molecule has 1 saturated heterocycles. The number of nitrogens with zero attached hydrogens (tertiary/aromatic N) is 2. The van der Waals surface area contributed by atoms with Gasteiger partial charge in [0.05, 0.1) is 34.5 Å². The number of aliphatic hydroxyl groups excluding tert-OH is 1. The van der Waals surface area contributed by atoms with E-state index in [4.69, 9.17) is 4.74 Å². The van der Waals surface area contributed by atoms with Crippen LogP contribution in [0.15, 0.2) is 72.3 Å². The number of Topliss-reactive ketones (excluding diaryl/α,β-unsaturated/α-hetero) is 1. The second-order valence-corrected chi connectivity index (χ2v) is 9.45. The number of halogens is 1. The summed E-state index contributed by atoms with van der Waals surface area (Å²) in [6.07, 6.45) is 0.831. The third kappa shape index (κ3) is 4.27. The number of amides is 1. The number of thiazole rings is 1. The maximum Gasteiger partial charge on any atom is 0.337 e. The van der Waals surface area contributed by atoms with Crippen molar-refractivity contribution in [2.45, 2.75) is 19.4 Å². The van der Waals surface area contributed by atoms with Crippen LogP contribution in [-0.4, -0.2) is 34.9 Å². The van der Waals surface area contributed by atoms with Crippen molar-refractivity contribution in [1.82, 2.24) is 4.98 Å². The number of anilines is 1. The van der Waals surface area contributed by atoms with Gasteiger partial charge >= 0.3 is 11.9 Å². The van der Waals surface area contributed by atoms with E-state index < -0.39 is 35.3 Å². The van der Waals surface area contributed by atoms with E-state index >= 15 is 0 Å². The molecule has 7 nitrogen and oxygen atoms in total. The van der Waals surface area contributed by atoms with Crippen molar-refractivity contribution < 1.29 is 28.6 Å². The molecule has 1 unspecified atom stereocenters. The Labute approximate surface area is 215 Å². The van der Waals surface area contributed by atoms with Crippen LogP contribution in [0.25, 0.3) is 16.0 Å². The highest BCUT2D eigenvalue weighted by atomic mass is 32.1. The number of benzene rings is 3. The van der Waals surface area contributed by atoms with Crippen molar-refractivity contribution in [1.29, 1.82) is 0 Å². The molecule has 3 aromatic carbocycles. The molecule has 2 heterocycles. The zero-order chi connectivity index (χ0) is 26.3. The van der Waals surface area contributed by atoms with Gasteiger partial charge in [-0.3, -0.25) is 14.5 Å². The smallest absolute Gasteiger partial charge is 0.337 e. The van der Waals surface area contributed by atoms with Gasteiger partial charge in [0, 0.05) is 5.56 Å². The SMILES string of the molecule is CCc1ccc2nc(N3C(=O)C(=O)/C(=C(/O)c4ccc(F)cc4)C3c3ccc(C(=O)OC)cc3)sc2c1. The quantitative estimate of drug-likeness (QED) is 0.165. The number of hydrogen-bond donors (Lipinski definition) is 1. The summed E-state index contributed by atoms with van der Waals surface area (Å²) in [4.78, 5) is 44.5. The third-order valence-electron chi connectivity index (χ3n) is 6.27. The number of methoxy groups -OCH3 is 1. The van der Waals surface area contributed by atoms with Crippen molar-refractivity contribution in [2.24, 2.45) is 0 Å². The van der Waals surface area contributed by atoms with Crippen LogP contribution in [0.5, 0.6) is 0 Å². The Morgan fingerprint density at radius 1 is 1.05 bits per heavy atom. The summed E-state index contributed by atoms with van der Waals surface area (Å²) in [5.74, 6) is -3.21. The molecule has 0 spiro atoms. The number of aromatic nitrogens is 1. The van der Waals surface area contributed by atoms with E-state index in [1.54, 1.807) is 12.1 Å². The zero-order valence-corrected chi connectivity index (χ0v) is 20.7. The molecule has 1 aliphatic rings. The fourth-order valence-electron chi connectivity index (χ4n) is 4.31. The first-order valence-corrected chi connectivity index (χ1v) is 12.3. The number of esters is 1. The van der Waals surface area contributed by atoms with E-state index in [0.717, 1.165) is 28.8 Å². The van der Waals surface area contributed by atoms with Crippen LogP contribution in [-0.2, 0) is 20.7 Å². The molecular weight excluding hydrogens is 495 g/mol. The van der Waals surface area contributed by atoms with Crippen LogP contribution < -0.4 is 4.90 Å². The minimum absolute atomic E-state index is 0.157. The first-order valence-electron chi connectivity index (χ1n) is 11.5. The van der Waals surface area contributed by atoms with Gasteiger partial charge in [0.2, 0.25) is 0 Å². The number of aliphatic hydroxyl groups is 1. The highest BCUT2D eigenvalue weighted by Crippen LogP contribution is 2.44. The Morgan fingerprint density at radius 2 is 1.73 bits per heavy atom. The van der Waals surface area contributed by atoms with Crippen LogP contribution in [0, 0.1) is 5.82 Å². The minimum atomic E-state index is -1.03. The predicted molar refractivity (Wildman–Crippen MR) is 138 cm³/mol. The molecule has 9 heteroatoms. The molecule has 1 aliphatic heterocycles. The molecule has 1 N–H and O–H groups in total. The van der Waals surface area contributed by atoms with Gasteiger partial charge in [-0.1, -0.05) is 36.5 Å². The molecule has 0 aliphatic carbocycles. The van der Waals surface area contributed by atoms with Gasteiger partial charge in [-0.2, -0.15) is 0 Å². The summed E-state index contributed by atoms with van der Waals surface area (Å²) >= 11 is 1.27. The lowest BCUT2D eigenvalue weighted by molar-refractivity contribution is -0.132. The largest absolute Gasteiger partial charge is 0.507 e. The van der Waals surface area contributed by atoms with E-state index in [0.29, 0.717) is 16.2 Å². The predicted octanol–water partition coefficient (Wildman–Crippen LogP) is 5.41.